The second-order valence-corrected chi connectivity index (χ2v) is 4.43. The van der Waals surface area contributed by atoms with Gasteiger partial charge in [-0.25, -0.2) is 0 Å². The average Bonchev–Trinajstić information content (AvgIpc) is 2.54. The Kier molecular flexibility index (Phi) is 4.55. The van der Waals surface area contributed by atoms with Crippen LogP contribution >= 0.6 is 0 Å². The van der Waals surface area contributed by atoms with Crippen molar-refractivity contribution in [2.75, 3.05) is 12.4 Å². The first-order valence-electron chi connectivity index (χ1n) is 6.38. The second kappa shape index (κ2) is 6.56. The Morgan fingerprint density at radius 1 is 1.13 bits per heavy atom. The molecule has 0 unspecified atom stereocenters. The van der Waals surface area contributed by atoms with Crippen LogP contribution in [0.25, 0.3) is 0 Å². The average molecular weight is 315 g/mol. The highest BCUT2D eigenvalue weighted by molar-refractivity contribution is 6.11. The van der Waals surface area contributed by atoms with Crippen molar-refractivity contribution in [1.82, 2.24) is 0 Å². The predicted octanol–water partition coefficient (Wildman–Crippen LogP) is 1.22. The van der Waals surface area contributed by atoms with Gasteiger partial charge in [0.15, 0.2) is 0 Å². The molecule has 1 amide bonds. The van der Waals surface area contributed by atoms with E-state index < -0.39 is 16.8 Å². The summed E-state index contributed by atoms with van der Waals surface area (Å²) in [7, 11) is 1.35. The number of ether oxygens (including phenoxy) is 1. The normalized spacial score (nSPS) is 9.96. The molecule has 0 spiro atoms. The fourth-order valence-electron chi connectivity index (χ4n) is 1.94. The minimum Gasteiger partial charge on any atom is -0.545 e. The Hall–Kier alpha value is -3.42. The number of carbonyl (C=O) groups excluding carboxylic acids is 2. The monoisotopic (exact) mass is 315 g/mol. The minimum absolute atomic E-state index is 0.0750. The number of carboxylic acid groups (broad SMARTS) is 1. The number of hydrogen-bond donors (Lipinski definition) is 1. The van der Waals surface area contributed by atoms with Gasteiger partial charge in [0.2, 0.25) is 0 Å². The van der Waals surface area contributed by atoms with Gasteiger partial charge in [-0.3, -0.25) is 14.9 Å². The molecule has 2 rings (SSSR count). The van der Waals surface area contributed by atoms with Gasteiger partial charge in [0.05, 0.1) is 24.1 Å². The SMILES string of the molecule is COc1ccc(NC(=O)c2ccccc2C(=O)[O-])c([N+](=O)[O-])c1. The molecule has 0 atom stereocenters. The first-order valence-corrected chi connectivity index (χ1v) is 6.38. The molecule has 0 saturated carbocycles. The Labute approximate surface area is 130 Å². The maximum Gasteiger partial charge on any atom is 0.296 e. The molecule has 0 aliphatic rings. The molecule has 0 bridgehead atoms. The van der Waals surface area contributed by atoms with Crippen LogP contribution in [0.4, 0.5) is 11.4 Å². The first-order chi connectivity index (χ1) is 10.9. The van der Waals surface area contributed by atoms with Crippen LogP contribution < -0.4 is 15.2 Å². The fourth-order valence-corrected chi connectivity index (χ4v) is 1.94. The number of nitrogens with one attached hydrogen (secondary N) is 1. The lowest BCUT2D eigenvalue weighted by molar-refractivity contribution is -0.384. The quantitative estimate of drug-likeness (QED) is 0.654. The van der Waals surface area contributed by atoms with Crippen molar-refractivity contribution in [2.45, 2.75) is 0 Å². The minimum atomic E-state index is -1.51. The number of aromatic carboxylic acids is 1. The van der Waals surface area contributed by atoms with Gasteiger partial charge in [0.1, 0.15) is 11.4 Å². The van der Waals surface area contributed by atoms with Crippen molar-refractivity contribution in [1.29, 1.82) is 0 Å². The summed E-state index contributed by atoms with van der Waals surface area (Å²) in [6.45, 7) is 0. The Bertz CT molecular complexity index is 787. The highest BCUT2D eigenvalue weighted by Gasteiger charge is 2.19. The van der Waals surface area contributed by atoms with Gasteiger partial charge >= 0.3 is 0 Å². The third kappa shape index (κ3) is 3.43. The topological polar surface area (TPSA) is 122 Å². The largest absolute Gasteiger partial charge is 0.545 e. The number of anilines is 1. The molecule has 23 heavy (non-hydrogen) atoms. The number of rotatable bonds is 5. The van der Waals surface area contributed by atoms with Crippen molar-refractivity contribution >= 4 is 23.3 Å². The van der Waals surface area contributed by atoms with Crippen molar-refractivity contribution in [3.63, 3.8) is 0 Å². The van der Waals surface area contributed by atoms with Crippen molar-refractivity contribution in [3.8, 4) is 5.75 Å². The first kappa shape index (κ1) is 16.0. The highest BCUT2D eigenvalue weighted by atomic mass is 16.6. The van der Waals surface area contributed by atoms with E-state index in [0.29, 0.717) is 0 Å². The second-order valence-electron chi connectivity index (χ2n) is 4.43. The number of carboxylic acids is 1. The molecule has 8 heteroatoms. The van der Waals surface area contributed by atoms with Gasteiger partial charge in [-0.1, -0.05) is 18.2 Å². The molecule has 0 saturated heterocycles. The van der Waals surface area contributed by atoms with Gasteiger partial charge in [-0.15, -0.1) is 0 Å². The van der Waals surface area contributed by atoms with Crippen LogP contribution in [0.1, 0.15) is 20.7 Å². The number of hydrogen-bond acceptors (Lipinski definition) is 6. The summed E-state index contributed by atoms with van der Waals surface area (Å²) < 4.78 is 4.90. The molecular weight excluding hydrogens is 304 g/mol. The van der Waals surface area contributed by atoms with Crippen LogP contribution in [0.3, 0.4) is 0 Å². The molecule has 118 valence electrons. The molecule has 1 N–H and O–H groups in total. The lowest BCUT2D eigenvalue weighted by Gasteiger charge is -2.11. The van der Waals surface area contributed by atoms with Gasteiger partial charge in [-0.2, -0.15) is 0 Å². The standard InChI is InChI=1S/C15H12N2O6/c1-23-9-6-7-12(13(8-9)17(21)22)16-14(18)10-4-2-3-5-11(10)15(19)20/h2-8H,1H3,(H,16,18)(H,19,20)/p-1. The van der Waals surface area contributed by atoms with E-state index >= 15 is 0 Å². The van der Waals surface area contributed by atoms with Crippen molar-refractivity contribution in [2.24, 2.45) is 0 Å². The van der Waals surface area contributed by atoms with E-state index in [9.17, 15) is 24.8 Å². The molecule has 0 aliphatic carbocycles. The van der Waals surface area contributed by atoms with E-state index in [0.717, 1.165) is 6.07 Å². The van der Waals surface area contributed by atoms with E-state index in [2.05, 4.69) is 5.32 Å². The van der Waals surface area contributed by atoms with Gasteiger partial charge in [0.25, 0.3) is 11.6 Å². The maximum atomic E-state index is 12.2. The maximum absolute atomic E-state index is 12.2. The number of nitrogens with zero attached hydrogens (tertiary/aromatic N) is 1. The molecule has 8 nitrogen and oxygen atoms in total. The van der Waals surface area contributed by atoms with Crippen LogP contribution in [0, 0.1) is 10.1 Å². The summed E-state index contributed by atoms with van der Waals surface area (Å²) in [5, 5.41) is 24.4. The fraction of sp³-hybridized carbons (Fsp3) is 0.0667. The zero-order valence-electron chi connectivity index (χ0n) is 11.9. The smallest absolute Gasteiger partial charge is 0.296 e. The predicted molar refractivity (Wildman–Crippen MR) is 78.4 cm³/mol. The van der Waals surface area contributed by atoms with Gasteiger partial charge in [-0.05, 0) is 18.2 Å². The van der Waals surface area contributed by atoms with Crippen LogP contribution in [-0.4, -0.2) is 23.9 Å². The molecule has 0 fully saturated rings. The van der Waals surface area contributed by atoms with E-state index in [1.165, 1.54) is 43.5 Å². The number of amides is 1. The van der Waals surface area contributed by atoms with Crippen molar-refractivity contribution < 1.29 is 24.4 Å². The van der Waals surface area contributed by atoms with E-state index in [-0.39, 0.29) is 28.3 Å². The lowest BCUT2D eigenvalue weighted by atomic mass is 10.1. The van der Waals surface area contributed by atoms with Gasteiger partial charge in [0, 0.05) is 11.1 Å². The summed E-state index contributed by atoms with van der Waals surface area (Å²) in [5.41, 5.74) is -0.906. The lowest BCUT2D eigenvalue weighted by Crippen LogP contribution is -2.26. The zero-order chi connectivity index (χ0) is 17.0. The molecular formula is C15H11N2O6-. The molecule has 0 aromatic heterocycles. The molecule has 0 radical (unpaired) electrons. The number of carbonyl (C=O) groups is 2. The van der Waals surface area contributed by atoms with Gasteiger partial charge < -0.3 is 20.0 Å². The van der Waals surface area contributed by atoms with Crippen LogP contribution in [-0.2, 0) is 0 Å². The number of methoxy groups -OCH3 is 1. The van der Waals surface area contributed by atoms with E-state index in [1.807, 2.05) is 0 Å². The van der Waals surface area contributed by atoms with Crippen LogP contribution in [0.2, 0.25) is 0 Å². The number of nitro groups is 1. The number of nitro benzene ring substituents is 1. The molecule has 2 aromatic carbocycles. The summed E-state index contributed by atoms with van der Waals surface area (Å²) in [6, 6.07) is 9.31. The third-order valence-electron chi connectivity index (χ3n) is 3.04. The highest BCUT2D eigenvalue weighted by Crippen LogP contribution is 2.29. The Morgan fingerprint density at radius 3 is 2.35 bits per heavy atom. The van der Waals surface area contributed by atoms with Crippen LogP contribution in [0.15, 0.2) is 42.5 Å². The Balaban J connectivity index is 2.38. The van der Waals surface area contributed by atoms with E-state index in [1.54, 1.807) is 0 Å². The summed E-state index contributed by atoms with van der Waals surface area (Å²) in [6.07, 6.45) is 0. The molecule has 0 aliphatic heterocycles. The Morgan fingerprint density at radius 2 is 1.78 bits per heavy atom. The summed E-state index contributed by atoms with van der Waals surface area (Å²) in [4.78, 5) is 33.6. The molecule has 2 aromatic rings. The third-order valence-corrected chi connectivity index (χ3v) is 3.04. The molecule has 0 heterocycles. The van der Waals surface area contributed by atoms with E-state index in [4.69, 9.17) is 4.74 Å². The summed E-state index contributed by atoms with van der Waals surface area (Å²) >= 11 is 0. The van der Waals surface area contributed by atoms with Crippen molar-refractivity contribution in [3.05, 3.63) is 63.7 Å². The number of benzene rings is 2. The van der Waals surface area contributed by atoms with Crippen LogP contribution in [0.5, 0.6) is 5.75 Å². The summed E-state index contributed by atoms with van der Waals surface area (Å²) in [5.74, 6) is -2.05. The zero-order valence-corrected chi connectivity index (χ0v) is 11.9.